The van der Waals surface area contributed by atoms with Gasteiger partial charge in [0.05, 0.1) is 5.69 Å². The molecule has 8 heteroatoms. The van der Waals surface area contributed by atoms with Gasteiger partial charge in [-0.05, 0) is 68.3 Å². The van der Waals surface area contributed by atoms with Crippen LogP contribution in [0.4, 0.5) is 14.5 Å². The van der Waals surface area contributed by atoms with Crippen LogP contribution < -0.4 is 4.72 Å². The molecule has 0 radical (unpaired) electrons. The smallest absolute Gasteiger partial charge is 0.263 e. The van der Waals surface area contributed by atoms with Crippen molar-refractivity contribution in [2.24, 2.45) is 0 Å². The van der Waals surface area contributed by atoms with E-state index in [-0.39, 0.29) is 19.5 Å². The molecule has 0 aliphatic carbocycles. The second kappa shape index (κ2) is 5.79. The lowest BCUT2D eigenvalue weighted by molar-refractivity contribution is 0.598. The van der Waals surface area contributed by atoms with E-state index in [1.54, 1.807) is 0 Å². The van der Waals surface area contributed by atoms with Crippen LogP contribution in [-0.2, 0) is 10.0 Å². The Hall–Kier alpha value is -0.990. The Bertz CT molecular complexity index is 766. The fraction of sp³-hybridized carbons (Fsp3) is 0. The molecule has 0 unspecified atom stereocenters. The molecule has 2 aromatic rings. The van der Waals surface area contributed by atoms with Gasteiger partial charge in [-0.25, -0.2) is 17.2 Å². The third-order valence-corrected chi connectivity index (χ3v) is 5.36. The average Bonchev–Trinajstić information content (AvgIpc) is 2.32. The summed E-state index contributed by atoms with van der Waals surface area (Å²) >= 11 is 6.06. The van der Waals surface area contributed by atoms with Gasteiger partial charge < -0.3 is 0 Å². The van der Waals surface area contributed by atoms with Crippen LogP contribution in [0.5, 0.6) is 0 Å². The highest BCUT2D eigenvalue weighted by Crippen LogP contribution is 2.28. The first kappa shape index (κ1) is 15.4. The normalized spacial score (nSPS) is 11.4. The second-order valence-corrected chi connectivity index (χ2v) is 7.16. The van der Waals surface area contributed by atoms with E-state index in [9.17, 15) is 17.2 Å². The van der Waals surface area contributed by atoms with Crippen LogP contribution in [0.15, 0.2) is 50.2 Å². The zero-order valence-corrected chi connectivity index (χ0v) is 13.7. The largest absolute Gasteiger partial charge is 0.278 e. The van der Waals surface area contributed by atoms with Gasteiger partial charge in [0.1, 0.15) is 16.5 Å². The molecular weight excluding hydrogens is 420 g/mol. The number of benzene rings is 2. The highest BCUT2D eigenvalue weighted by Gasteiger charge is 2.19. The van der Waals surface area contributed by atoms with E-state index in [4.69, 9.17) is 0 Å². The second-order valence-electron chi connectivity index (χ2n) is 3.80. The number of hydrogen-bond acceptors (Lipinski definition) is 2. The van der Waals surface area contributed by atoms with Crippen LogP contribution in [0.2, 0.25) is 0 Å². The summed E-state index contributed by atoms with van der Waals surface area (Å²) in [6, 6.07) is 6.78. The monoisotopic (exact) mass is 425 g/mol. The molecule has 0 fully saturated rings. The van der Waals surface area contributed by atoms with E-state index in [0.29, 0.717) is 0 Å². The van der Waals surface area contributed by atoms with Gasteiger partial charge in [-0.15, -0.1) is 0 Å². The fourth-order valence-electron chi connectivity index (χ4n) is 1.47. The quantitative estimate of drug-likeness (QED) is 0.795. The number of halogens is 4. The average molecular weight is 427 g/mol. The topological polar surface area (TPSA) is 46.2 Å². The number of rotatable bonds is 3. The van der Waals surface area contributed by atoms with E-state index >= 15 is 0 Å². The summed E-state index contributed by atoms with van der Waals surface area (Å²) in [5.74, 6) is -1.05. The van der Waals surface area contributed by atoms with Crippen molar-refractivity contribution in [1.29, 1.82) is 0 Å². The first-order valence-corrected chi connectivity index (χ1v) is 8.29. The number of nitrogens with one attached hydrogen (secondary N) is 1. The Morgan fingerprint density at radius 1 is 0.900 bits per heavy atom. The molecule has 1 N–H and O–H groups in total. The summed E-state index contributed by atoms with van der Waals surface area (Å²) in [4.78, 5) is -0.116. The molecular formula is C12H7Br2F2NO2S. The third-order valence-electron chi connectivity index (χ3n) is 2.36. The first-order chi connectivity index (χ1) is 9.29. The van der Waals surface area contributed by atoms with Gasteiger partial charge in [-0.1, -0.05) is 0 Å². The van der Waals surface area contributed by atoms with Crippen LogP contribution in [0.25, 0.3) is 0 Å². The standard InChI is InChI=1S/C12H7Br2F2NO2S/c13-9-5-7(15)1-3-11(9)17-20(18,19)12-4-2-8(16)6-10(12)14/h1-6,17H. The lowest BCUT2D eigenvalue weighted by Crippen LogP contribution is -2.14. The molecule has 0 saturated carbocycles. The van der Waals surface area contributed by atoms with Crippen LogP contribution in [0.3, 0.4) is 0 Å². The first-order valence-electron chi connectivity index (χ1n) is 5.22. The summed E-state index contributed by atoms with van der Waals surface area (Å²) in [6.45, 7) is 0. The maximum Gasteiger partial charge on any atom is 0.263 e. The van der Waals surface area contributed by atoms with Crippen molar-refractivity contribution in [3.63, 3.8) is 0 Å². The Labute approximate surface area is 131 Å². The van der Waals surface area contributed by atoms with E-state index in [1.807, 2.05) is 0 Å². The van der Waals surface area contributed by atoms with Gasteiger partial charge in [-0.2, -0.15) is 0 Å². The zero-order valence-electron chi connectivity index (χ0n) is 9.70. The van der Waals surface area contributed by atoms with Crippen LogP contribution >= 0.6 is 31.9 Å². The molecule has 0 amide bonds. The molecule has 3 nitrogen and oxygen atoms in total. The van der Waals surface area contributed by atoms with Crippen LogP contribution in [0, 0.1) is 11.6 Å². The minimum Gasteiger partial charge on any atom is -0.278 e. The van der Waals surface area contributed by atoms with Gasteiger partial charge in [0.25, 0.3) is 10.0 Å². The zero-order chi connectivity index (χ0) is 14.9. The van der Waals surface area contributed by atoms with Crippen LogP contribution in [0.1, 0.15) is 0 Å². The minimum absolute atomic E-state index is 0.100. The van der Waals surface area contributed by atoms with Gasteiger partial charge >= 0.3 is 0 Å². The Balaban J connectivity index is 2.41. The Kier molecular flexibility index (Phi) is 4.46. The molecule has 20 heavy (non-hydrogen) atoms. The van der Waals surface area contributed by atoms with Gasteiger partial charge in [0.15, 0.2) is 0 Å². The molecule has 0 saturated heterocycles. The summed E-state index contributed by atoms with van der Waals surface area (Å²) in [6.07, 6.45) is 0. The number of anilines is 1. The molecule has 0 aliphatic heterocycles. The van der Waals surface area contributed by atoms with Crippen molar-refractivity contribution < 1.29 is 17.2 Å². The minimum atomic E-state index is -3.91. The molecule has 0 aliphatic rings. The Morgan fingerprint density at radius 2 is 1.45 bits per heavy atom. The summed E-state index contributed by atoms with van der Waals surface area (Å²) in [5, 5.41) is 0. The summed E-state index contributed by atoms with van der Waals surface area (Å²) in [5.41, 5.74) is 0.183. The van der Waals surface area contributed by atoms with Crippen LogP contribution in [-0.4, -0.2) is 8.42 Å². The Morgan fingerprint density at radius 3 is 2.00 bits per heavy atom. The molecule has 2 aromatic carbocycles. The fourth-order valence-corrected chi connectivity index (χ4v) is 4.18. The predicted molar refractivity (Wildman–Crippen MR) is 79.0 cm³/mol. The molecule has 0 heterocycles. The summed E-state index contributed by atoms with van der Waals surface area (Å²) < 4.78 is 53.0. The third kappa shape index (κ3) is 3.36. The van der Waals surface area contributed by atoms with E-state index in [2.05, 4.69) is 36.6 Å². The highest BCUT2D eigenvalue weighted by atomic mass is 79.9. The molecule has 0 aromatic heterocycles. The molecule has 106 valence electrons. The molecule has 0 atom stereocenters. The lowest BCUT2D eigenvalue weighted by Gasteiger charge is -2.11. The van der Waals surface area contributed by atoms with E-state index in [0.717, 1.165) is 30.3 Å². The van der Waals surface area contributed by atoms with Crippen molar-refractivity contribution in [2.75, 3.05) is 4.72 Å². The van der Waals surface area contributed by atoms with Gasteiger partial charge in [-0.3, -0.25) is 4.72 Å². The van der Waals surface area contributed by atoms with Crippen molar-refractivity contribution in [3.8, 4) is 0 Å². The molecule has 0 spiro atoms. The van der Waals surface area contributed by atoms with Crippen molar-refractivity contribution >= 4 is 47.6 Å². The summed E-state index contributed by atoms with van der Waals surface area (Å²) in [7, 11) is -3.91. The van der Waals surface area contributed by atoms with Crippen molar-refractivity contribution in [1.82, 2.24) is 0 Å². The van der Waals surface area contributed by atoms with Gasteiger partial charge in [0.2, 0.25) is 0 Å². The maximum absolute atomic E-state index is 13.0. The van der Waals surface area contributed by atoms with Crippen molar-refractivity contribution in [2.45, 2.75) is 4.90 Å². The number of hydrogen-bond donors (Lipinski definition) is 1. The molecule has 2 rings (SSSR count). The van der Waals surface area contributed by atoms with E-state index in [1.165, 1.54) is 6.07 Å². The predicted octanol–water partition coefficient (Wildman–Crippen LogP) is 4.29. The van der Waals surface area contributed by atoms with Crippen molar-refractivity contribution in [3.05, 3.63) is 57.0 Å². The van der Waals surface area contributed by atoms with E-state index < -0.39 is 21.7 Å². The SMILES string of the molecule is O=S(=O)(Nc1ccc(F)cc1Br)c1ccc(F)cc1Br. The molecule has 0 bridgehead atoms. The lowest BCUT2D eigenvalue weighted by atomic mass is 10.3. The maximum atomic E-state index is 13.0. The van der Waals surface area contributed by atoms with Gasteiger partial charge in [0, 0.05) is 8.95 Å². The number of sulfonamides is 1. The highest BCUT2D eigenvalue weighted by molar-refractivity contribution is 9.11.